The van der Waals surface area contributed by atoms with Crippen LogP contribution in [0.1, 0.15) is 37.1 Å². The number of rotatable bonds is 8. The summed E-state index contributed by atoms with van der Waals surface area (Å²) in [5, 5.41) is 11.5. The van der Waals surface area contributed by atoms with E-state index in [9.17, 15) is 27.5 Å². The molecule has 0 aliphatic carbocycles. The molecule has 0 radical (unpaired) electrons. The van der Waals surface area contributed by atoms with Crippen molar-refractivity contribution in [3.05, 3.63) is 65.1 Å². The fraction of sp³-hybridized carbons (Fsp3) is 0.400. The first-order valence-corrected chi connectivity index (χ1v) is 10.6. The minimum absolute atomic E-state index is 0.0309. The number of benzene rings is 2. The number of aromatic amines is 1. The number of H-pyrrole nitrogens is 1. The fourth-order valence-electron chi connectivity index (χ4n) is 4.30. The lowest BCUT2D eigenvalue weighted by Gasteiger charge is -2.38. The van der Waals surface area contributed by atoms with Gasteiger partial charge < -0.3 is 19.6 Å². The van der Waals surface area contributed by atoms with Crippen LogP contribution in [0.25, 0.3) is 10.9 Å². The summed E-state index contributed by atoms with van der Waals surface area (Å²) >= 11 is 0. The predicted octanol–water partition coefficient (Wildman–Crippen LogP) is 5.23. The van der Waals surface area contributed by atoms with Crippen LogP contribution >= 0.6 is 0 Å². The smallest absolute Gasteiger partial charge is 0.417 e. The number of esters is 1. The van der Waals surface area contributed by atoms with Crippen LogP contribution in [0, 0.1) is 5.82 Å². The van der Waals surface area contributed by atoms with Crippen molar-refractivity contribution in [2.45, 2.75) is 50.3 Å². The third kappa shape index (κ3) is 5.35. The molecule has 2 N–H and O–H groups in total. The Hall–Kier alpha value is -3.07. The molecule has 1 heterocycles. The number of aliphatic hydroxyl groups is 1. The molecule has 0 aliphatic heterocycles. The van der Waals surface area contributed by atoms with Gasteiger partial charge in [0.2, 0.25) is 0 Å². The van der Waals surface area contributed by atoms with Gasteiger partial charge in [-0.3, -0.25) is 4.79 Å². The van der Waals surface area contributed by atoms with Gasteiger partial charge in [-0.15, -0.1) is 0 Å². The van der Waals surface area contributed by atoms with E-state index in [1.54, 1.807) is 18.2 Å². The number of methoxy groups -OCH3 is 2. The average Bonchev–Trinajstić information content (AvgIpc) is 3.13. The summed E-state index contributed by atoms with van der Waals surface area (Å²) in [5.74, 6) is -0.811. The van der Waals surface area contributed by atoms with Gasteiger partial charge in [0.05, 0.1) is 20.6 Å². The number of hydrogen-bond donors (Lipinski definition) is 2. The maximum absolute atomic E-state index is 14.2. The quantitative estimate of drug-likeness (QED) is 0.341. The Labute approximate surface area is 194 Å². The molecule has 1 atom stereocenters. The molecule has 1 unspecified atom stereocenters. The number of alkyl halides is 3. The summed E-state index contributed by atoms with van der Waals surface area (Å²) in [5.41, 5.74) is -2.77. The van der Waals surface area contributed by atoms with Gasteiger partial charge in [-0.05, 0) is 59.2 Å². The zero-order chi connectivity index (χ0) is 25.3. The van der Waals surface area contributed by atoms with E-state index < -0.39 is 41.8 Å². The molecule has 0 fully saturated rings. The van der Waals surface area contributed by atoms with Crippen LogP contribution in [-0.2, 0) is 27.8 Å². The van der Waals surface area contributed by atoms with Gasteiger partial charge >= 0.3 is 12.1 Å². The summed E-state index contributed by atoms with van der Waals surface area (Å²) < 4.78 is 66.3. The van der Waals surface area contributed by atoms with Crippen LogP contribution in [-0.4, -0.2) is 42.1 Å². The highest BCUT2D eigenvalue weighted by molar-refractivity contribution is 5.83. The van der Waals surface area contributed by atoms with E-state index >= 15 is 0 Å². The van der Waals surface area contributed by atoms with Gasteiger partial charge in [-0.1, -0.05) is 19.9 Å². The Morgan fingerprint density at radius 2 is 1.76 bits per heavy atom. The SMILES string of the molecule is COC(=O)Cc1ccc2[nH]c(CC(O)(CC(C)(C)c3cc(F)ccc3OC)C(F)(F)F)cc2c1. The van der Waals surface area contributed by atoms with Crippen molar-refractivity contribution in [1.29, 1.82) is 0 Å². The predicted molar refractivity (Wildman–Crippen MR) is 119 cm³/mol. The lowest BCUT2D eigenvalue weighted by Crippen LogP contribution is -2.51. The van der Waals surface area contributed by atoms with Gasteiger partial charge in [-0.2, -0.15) is 13.2 Å². The van der Waals surface area contributed by atoms with E-state index in [-0.39, 0.29) is 23.4 Å². The molecule has 0 spiro atoms. The second kappa shape index (κ2) is 9.29. The summed E-state index contributed by atoms with van der Waals surface area (Å²) in [6.45, 7) is 3.01. The first-order chi connectivity index (χ1) is 15.8. The number of carbonyl (C=O) groups excluding carboxylic acids is 1. The van der Waals surface area contributed by atoms with Gasteiger partial charge in [0.15, 0.2) is 5.60 Å². The Bertz CT molecular complexity index is 1190. The molecule has 184 valence electrons. The molecule has 3 aromatic rings. The minimum Gasteiger partial charge on any atom is -0.496 e. The molecular formula is C25H27F4NO4. The maximum atomic E-state index is 14.2. The van der Waals surface area contributed by atoms with Gasteiger partial charge in [-0.25, -0.2) is 4.39 Å². The zero-order valence-corrected chi connectivity index (χ0v) is 19.3. The van der Waals surface area contributed by atoms with Gasteiger partial charge in [0.25, 0.3) is 0 Å². The Kier molecular flexibility index (Phi) is 6.98. The first-order valence-electron chi connectivity index (χ1n) is 10.6. The summed E-state index contributed by atoms with van der Waals surface area (Å²) in [6.07, 6.45) is -6.40. The van der Waals surface area contributed by atoms with Crippen molar-refractivity contribution >= 4 is 16.9 Å². The topological polar surface area (TPSA) is 71.6 Å². The third-order valence-corrected chi connectivity index (χ3v) is 5.95. The zero-order valence-electron chi connectivity index (χ0n) is 19.3. The van der Waals surface area contributed by atoms with Crippen molar-refractivity contribution in [2.75, 3.05) is 14.2 Å². The van der Waals surface area contributed by atoms with Crippen LogP contribution < -0.4 is 4.74 Å². The molecule has 0 aliphatic rings. The first kappa shape index (κ1) is 25.6. The number of ether oxygens (including phenoxy) is 2. The van der Waals surface area contributed by atoms with E-state index in [1.807, 2.05) is 0 Å². The number of hydrogen-bond acceptors (Lipinski definition) is 4. The lowest BCUT2D eigenvalue weighted by molar-refractivity contribution is -0.266. The van der Waals surface area contributed by atoms with E-state index in [4.69, 9.17) is 4.74 Å². The molecule has 2 aromatic carbocycles. The molecule has 0 saturated heterocycles. The minimum atomic E-state index is -4.96. The molecule has 5 nitrogen and oxygen atoms in total. The highest BCUT2D eigenvalue weighted by atomic mass is 19.4. The number of carbonyl (C=O) groups is 1. The number of halogens is 4. The second-order valence-electron chi connectivity index (χ2n) is 9.08. The standard InChI is InChI=1S/C25H27F4NO4/c1-23(2,19-12-17(26)6-8-21(19)33-3)14-24(32,25(27,28)29)13-18-11-16-9-15(10-22(31)34-4)5-7-20(16)30-18/h5-9,11-12,30,32H,10,13-14H2,1-4H3. The average molecular weight is 481 g/mol. The summed E-state index contributed by atoms with van der Waals surface area (Å²) in [6, 6.07) is 10.2. The van der Waals surface area contributed by atoms with Crippen molar-refractivity contribution in [3.8, 4) is 5.75 Å². The summed E-state index contributed by atoms with van der Waals surface area (Å²) in [4.78, 5) is 14.4. The molecule has 34 heavy (non-hydrogen) atoms. The highest BCUT2D eigenvalue weighted by Crippen LogP contribution is 2.45. The Morgan fingerprint density at radius 3 is 2.38 bits per heavy atom. The van der Waals surface area contributed by atoms with E-state index in [2.05, 4.69) is 9.72 Å². The van der Waals surface area contributed by atoms with Crippen LogP contribution in [0.4, 0.5) is 17.6 Å². The van der Waals surface area contributed by atoms with E-state index in [0.29, 0.717) is 16.5 Å². The van der Waals surface area contributed by atoms with Crippen LogP contribution in [0.5, 0.6) is 5.75 Å². The molecule has 9 heteroatoms. The van der Waals surface area contributed by atoms with Crippen molar-refractivity contribution in [3.63, 3.8) is 0 Å². The van der Waals surface area contributed by atoms with Gasteiger partial charge in [0.1, 0.15) is 11.6 Å². The normalized spacial score (nSPS) is 14.1. The Balaban J connectivity index is 1.95. The second-order valence-corrected chi connectivity index (χ2v) is 9.08. The largest absolute Gasteiger partial charge is 0.496 e. The monoisotopic (exact) mass is 481 g/mol. The molecular weight excluding hydrogens is 454 g/mol. The van der Waals surface area contributed by atoms with E-state index in [1.165, 1.54) is 40.2 Å². The fourth-order valence-corrected chi connectivity index (χ4v) is 4.30. The number of nitrogens with one attached hydrogen (secondary N) is 1. The van der Waals surface area contributed by atoms with Crippen LogP contribution in [0.15, 0.2) is 42.5 Å². The van der Waals surface area contributed by atoms with Crippen molar-refractivity contribution in [2.24, 2.45) is 0 Å². The molecule has 1 aromatic heterocycles. The molecule has 0 bridgehead atoms. The highest BCUT2D eigenvalue weighted by Gasteiger charge is 2.56. The molecule has 0 amide bonds. The van der Waals surface area contributed by atoms with Crippen LogP contribution in [0.3, 0.4) is 0 Å². The van der Waals surface area contributed by atoms with Gasteiger partial charge in [0, 0.05) is 23.2 Å². The number of fused-ring (bicyclic) bond motifs is 1. The molecule has 3 rings (SSSR count). The summed E-state index contributed by atoms with van der Waals surface area (Å²) in [7, 11) is 2.62. The van der Waals surface area contributed by atoms with E-state index in [0.717, 1.165) is 12.1 Å². The lowest BCUT2D eigenvalue weighted by atomic mass is 9.73. The van der Waals surface area contributed by atoms with Crippen molar-refractivity contribution < 1.29 is 36.9 Å². The van der Waals surface area contributed by atoms with Crippen LogP contribution in [0.2, 0.25) is 0 Å². The number of aromatic nitrogens is 1. The van der Waals surface area contributed by atoms with Crippen molar-refractivity contribution in [1.82, 2.24) is 4.98 Å². The third-order valence-electron chi connectivity index (χ3n) is 5.95. The Morgan fingerprint density at radius 1 is 1.06 bits per heavy atom. The molecule has 0 saturated carbocycles. The maximum Gasteiger partial charge on any atom is 0.417 e.